The van der Waals surface area contributed by atoms with Gasteiger partial charge in [0.2, 0.25) is 5.91 Å². The first-order valence-electron chi connectivity index (χ1n) is 6.02. The quantitative estimate of drug-likeness (QED) is 0.447. The minimum atomic E-state index is -0.633. The zero-order valence-electron chi connectivity index (χ0n) is 10.5. The average molecular weight is 235 g/mol. The summed E-state index contributed by atoms with van der Waals surface area (Å²) in [6, 6.07) is 0. The van der Waals surface area contributed by atoms with E-state index in [0.29, 0.717) is 5.57 Å². The minimum absolute atomic E-state index is 0.0666. The van der Waals surface area contributed by atoms with E-state index < -0.39 is 5.54 Å². The van der Waals surface area contributed by atoms with Crippen LogP contribution >= 0.6 is 0 Å². The van der Waals surface area contributed by atoms with Gasteiger partial charge in [0.15, 0.2) is 0 Å². The van der Waals surface area contributed by atoms with E-state index in [1.807, 2.05) is 0 Å². The van der Waals surface area contributed by atoms with Crippen LogP contribution in [-0.4, -0.2) is 16.6 Å². The highest BCUT2D eigenvalue weighted by atomic mass is 16.3. The summed E-state index contributed by atoms with van der Waals surface area (Å²) in [4.78, 5) is 11.9. The largest absolute Gasteiger partial charge is 0.510 e. The van der Waals surface area contributed by atoms with Crippen LogP contribution in [0.5, 0.6) is 0 Å². The molecule has 0 atom stereocenters. The van der Waals surface area contributed by atoms with Gasteiger partial charge in [-0.25, -0.2) is 0 Å². The highest BCUT2D eigenvalue weighted by Gasteiger charge is 2.36. The average Bonchev–Trinajstić information content (AvgIpc) is 2.30. The number of hydrogen-bond donors (Lipinski definition) is 2. The maximum Gasteiger partial charge on any atom is 0.247 e. The first kappa shape index (κ1) is 13.6. The molecule has 0 aromatic heterocycles. The summed E-state index contributed by atoms with van der Waals surface area (Å²) in [5.74, 6) is -0.0982. The Kier molecular flexibility index (Phi) is 4.55. The molecule has 0 aliphatic heterocycles. The van der Waals surface area contributed by atoms with Crippen molar-refractivity contribution in [2.24, 2.45) is 0 Å². The van der Waals surface area contributed by atoms with Crippen molar-refractivity contribution in [2.45, 2.75) is 44.6 Å². The number of allylic oxidation sites excluding steroid dienone is 2. The Morgan fingerprint density at radius 1 is 1.35 bits per heavy atom. The van der Waals surface area contributed by atoms with Gasteiger partial charge in [0.05, 0.1) is 5.54 Å². The molecule has 0 aromatic carbocycles. The molecule has 3 nitrogen and oxygen atoms in total. The number of hydrogen-bond acceptors (Lipinski definition) is 2. The highest BCUT2D eigenvalue weighted by Crippen LogP contribution is 2.32. The van der Waals surface area contributed by atoms with Crippen LogP contribution in [0.25, 0.3) is 0 Å². The summed E-state index contributed by atoms with van der Waals surface area (Å²) < 4.78 is 0. The lowest BCUT2D eigenvalue weighted by Crippen LogP contribution is -2.51. The smallest absolute Gasteiger partial charge is 0.247 e. The Morgan fingerprint density at radius 2 is 1.94 bits per heavy atom. The van der Waals surface area contributed by atoms with E-state index in [1.54, 1.807) is 19.1 Å². The molecule has 1 saturated carbocycles. The highest BCUT2D eigenvalue weighted by molar-refractivity contribution is 5.93. The second-order valence-electron chi connectivity index (χ2n) is 4.63. The topological polar surface area (TPSA) is 49.3 Å². The molecular formula is C14H21NO2. The zero-order valence-corrected chi connectivity index (χ0v) is 10.5. The van der Waals surface area contributed by atoms with Crippen LogP contribution in [-0.2, 0) is 4.79 Å². The summed E-state index contributed by atoms with van der Waals surface area (Å²) >= 11 is 0. The van der Waals surface area contributed by atoms with Crippen molar-refractivity contribution in [1.29, 1.82) is 0 Å². The first-order valence-corrected chi connectivity index (χ1v) is 6.02. The van der Waals surface area contributed by atoms with Crippen molar-refractivity contribution in [2.75, 3.05) is 0 Å². The van der Waals surface area contributed by atoms with Crippen LogP contribution in [0.1, 0.15) is 39.0 Å². The molecular weight excluding hydrogens is 214 g/mol. The summed E-state index contributed by atoms with van der Waals surface area (Å²) in [7, 11) is 0. The van der Waals surface area contributed by atoms with E-state index >= 15 is 0 Å². The van der Waals surface area contributed by atoms with Gasteiger partial charge in [-0.2, -0.15) is 0 Å². The molecule has 0 spiro atoms. The lowest BCUT2D eigenvalue weighted by molar-refractivity contribution is -0.119. The van der Waals surface area contributed by atoms with Crippen LogP contribution < -0.4 is 5.32 Å². The van der Waals surface area contributed by atoms with E-state index in [-0.39, 0.29) is 11.7 Å². The number of aliphatic hydroxyl groups excluding tert-OH is 1. The van der Waals surface area contributed by atoms with Crippen molar-refractivity contribution in [3.63, 3.8) is 0 Å². The third-order valence-electron chi connectivity index (χ3n) is 3.34. The Balaban J connectivity index is 2.80. The van der Waals surface area contributed by atoms with Crippen LogP contribution in [0.2, 0.25) is 0 Å². The zero-order chi connectivity index (χ0) is 12.9. The second-order valence-corrected chi connectivity index (χ2v) is 4.63. The number of carbonyl (C=O) groups excluding carboxylic acids is 1. The summed E-state index contributed by atoms with van der Waals surface area (Å²) in [5.41, 5.74) is -0.0443. The molecule has 3 heteroatoms. The number of amides is 1. The van der Waals surface area contributed by atoms with Gasteiger partial charge in [-0.3, -0.25) is 4.79 Å². The van der Waals surface area contributed by atoms with E-state index in [4.69, 9.17) is 0 Å². The number of rotatable bonds is 4. The van der Waals surface area contributed by atoms with Gasteiger partial charge in [-0.15, -0.1) is 0 Å². The van der Waals surface area contributed by atoms with E-state index in [1.165, 1.54) is 0 Å². The fourth-order valence-electron chi connectivity index (χ4n) is 2.21. The predicted octanol–water partition coefficient (Wildman–Crippen LogP) is 3.01. The Hall–Kier alpha value is -1.51. The summed E-state index contributed by atoms with van der Waals surface area (Å²) in [5, 5.41) is 12.7. The van der Waals surface area contributed by atoms with Gasteiger partial charge in [0, 0.05) is 5.57 Å². The molecule has 1 aliphatic rings. The number of carbonyl (C=O) groups is 1. The number of nitrogens with one attached hydrogen (secondary N) is 1. The summed E-state index contributed by atoms with van der Waals surface area (Å²) in [6.45, 7) is 8.90. The number of aliphatic hydroxyl groups is 1. The van der Waals surface area contributed by atoms with Crippen molar-refractivity contribution in [3.05, 3.63) is 36.6 Å². The van der Waals surface area contributed by atoms with Gasteiger partial charge < -0.3 is 10.4 Å². The fourth-order valence-corrected chi connectivity index (χ4v) is 2.21. The Labute approximate surface area is 103 Å². The molecule has 0 aromatic rings. The predicted molar refractivity (Wildman–Crippen MR) is 69.7 cm³/mol. The minimum Gasteiger partial charge on any atom is -0.510 e. The second kappa shape index (κ2) is 5.71. The lowest BCUT2D eigenvalue weighted by atomic mass is 9.80. The van der Waals surface area contributed by atoms with Gasteiger partial charge in [0.1, 0.15) is 5.76 Å². The Bertz CT molecular complexity index is 349. The monoisotopic (exact) mass is 235 g/mol. The van der Waals surface area contributed by atoms with Crippen molar-refractivity contribution < 1.29 is 9.90 Å². The molecule has 0 bridgehead atoms. The SMILES string of the molecule is C=C/C=C(\C)C(=O)NC1(C(=C)O)CCCCC1. The van der Waals surface area contributed by atoms with E-state index in [0.717, 1.165) is 32.1 Å². The molecule has 17 heavy (non-hydrogen) atoms. The van der Waals surface area contributed by atoms with Crippen LogP contribution in [0.15, 0.2) is 36.6 Å². The van der Waals surface area contributed by atoms with Gasteiger partial charge in [-0.1, -0.05) is 44.6 Å². The molecule has 0 saturated heterocycles. The van der Waals surface area contributed by atoms with E-state index in [2.05, 4.69) is 18.5 Å². The molecule has 2 N–H and O–H groups in total. The van der Waals surface area contributed by atoms with Crippen LogP contribution in [0, 0.1) is 0 Å². The van der Waals surface area contributed by atoms with Gasteiger partial charge in [0.25, 0.3) is 0 Å². The van der Waals surface area contributed by atoms with Crippen molar-refractivity contribution >= 4 is 5.91 Å². The van der Waals surface area contributed by atoms with Gasteiger partial charge >= 0.3 is 0 Å². The molecule has 0 unspecified atom stereocenters. The standard InChI is InChI=1S/C14H21NO2/c1-4-8-11(2)13(17)15-14(12(3)16)9-6-5-7-10-14/h4,8,16H,1,3,5-7,9-10H2,2H3,(H,15,17)/b11-8+. The molecule has 1 aliphatic carbocycles. The normalized spacial score (nSPS) is 19.5. The third-order valence-corrected chi connectivity index (χ3v) is 3.34. The third kappa shape index (κ3) is 3.22. The molecule has 94 valence electrons. The molecule has 0 heterocycles. The molecule has 1 amide bonds. The Morgan fingerprint density at radius 3 is 2.41 bits per heavy atom. The van der Waals surface area contributed by atoms with Crippen molar-refractivity contribution in [3.8, 4) is 0 Å². The van der Waals surface area contributed by atoms with Gasteiger partial charge in [-0.05, 0) is 19.8 Å². The van der Waals surface area contributed by atoms with Crippen molar-refractivity contribution in [1.82, 2.24) is 5.32 Å². The lowest BCUT2D eigenvalue weighted by Gasteiger charge is -2.37. The summed E-state index contributed by atoms with van der Waals surface area (Å²) in [6.07, 6.45) is 7.91. The van der Waals surface area contributed by atoms with Crippen LogP contribution in [0.3, 0.4) is 0 Å². The molecule has 0 radical (unpaired) electrons. The molecule has 1 fully saturated rings. The van der Waals surface area contributed by atoms with E-state index in [9.17, 15) is 9.90 Å². The fraction of sp³-hybridized carbons (Fsp3) is 0.500. The molecule has 1 rings (SSSR count). The first-order chi connectivity index (χ1) is 8.02. The maximum atomic E-state index is 11.9. The maximum absolute atomic E-state index is 11.9. The van der Waals surface area contributed by atoms with Crippen LogP contribution in [0.4, 0.5) is 0 Å².